The van der Waals surface area contributed by atoms with Gasteiger partial charge >= 0.3 is 0 Å². The lowest BCUT2D eigenvalue weighted by molar-refractivity contribution is -0.116. The number of nitrogens with one attached hydrogen (secondary N) is 2. The minimum absolute atomic E-state index is 0.0860. The Morgan fingerprint density at radius 2 is 2.03 bits per heavy atom. The van der Waals surface area contributed by atoms with Crippen LogP contribution in [0.1, 0.15) is 43.2 Å². The van der Waals surface area contributed by atoms with E-state index in [9.17, 15) is 9.59 Å². The van der Waals surface area contributed by atoms with Gasteiger partial charge in [0.25, 0.3) is 5.91 Å². The van der Waals surface area contributed by atoms with E-state index in [1.54, 1.807) is 19.4 Å². The number of carbonyl (C=O) groups is 2. The van der Waals surface area contributed by atoms with Crippen molar-refractivity contribution in [3.8, 4) is 5.75 Å². The van der Waals surface area contributed by atoms with Crippen molar-refractivity contribution in [1.29, 1.82) is 0 Å². The molecule has 6 nitrogen and oxygen atoms in total. The molecule has 1 aliphatic carbocycles. The fourth-order valence-corrected chi connectivity index (χ4v) is 4.16. The van der Waals surface area contributed by atoms with E-state index in [2.05, 4.69) is 15.6 Å². The number of Topliss-reactive ketones (excluding diaryl/α,β-unsaturated/α-hetero) is 1. The highest BCUT2D eigenvalue weighted by atomic mass is 16.5. The summed E-state index contributed by atoms with van der Waals surface area (Å²) in [6, 6.07) is 11.2. The molecule has 30 heavy (non-hydrogen) atoms. The Morgan fingerprint density at radius 3 is 2.77 bits per heavy atom. The van der Waals surface area contributed by atoms with Crippen LogP contribution >= 0.6 is 0 Å². The molecule has 1 aromatic carbocycles. The summed E-state index contributed by atoms with van der Waals surface area (Å²) in [4.78, 5) is 30.6. The van der Waals surface area contributed by atoms with E-state index in [4.69, 9.17) is 4.74 Å². The molecule has 1 atom stereocenters. The Bertz CT molecular complexity index is 1070. The number of rotatable bonds is 4. The van der Waals surface area contributed by atoms with Gasteiger partial charge in [-0.3, -0.25) is 9.59 Å². The number of carbonyl (C=O) groups excluding carboxylic acids is 2. The monoisotopic (exact) mass is 403 g/mol. The van der Waals surface area contributed by atoms with Crippen LogP contribution in [-0.2, 0) is 9.59 Å². The zero-order valence-electron chi connectivity index (χ0n) is 17.4. The van der Waals surface area contributed by atoms with Crippen LogP contribution in [0.2, 0.25) is 0 Å². The smallest absolute Gasteiger partial charge is 0.255 e. The van der Waals surface area contributed by atoms with Crippen LogP contribution in [0.4, 0.5) is 5.82 Å². The molecule has 0 radical (unpaired) electrons. The molecule has 2 heterocycles. The van der Waals surface area contributed by atoms with Crippen LogP contribution in [0.25, 0.3) is 0 Å². The van der Waals surface area contributed by atoms with Gasteiger partial charge in [0.15, 0.2) is 5.78 Å². The number of aromatic nitrogens is 1. The zero-order valence-corrected chi connectivity index (χ0v) is 17.4. The minimum Gasteiger partial charge on any atom is -0.497 e. The molecule has 2 aliphatic rings. The summed E-state index contributed by atoms with van der Waals surface area (Å²) in [7, 11) is 1.61. The lowest BCUT2D eigenvalue weighted by atomic mass is 9.75. The van der Waals surface area contributed by atoms with Gasteiger partial charge in [0, 0.05) is 41.1 Å². The zero-order chi connectivity index (χ0) is 21.3. The first-order chi connectivity index (χ1) is 14.5. The van der Waals surface area contributed by atoms with Gasteiger partial charge in [0.05, 0.1) is 7.11 Å². The average molecular weight is 403 g/mol. The van der Waals surface area contributed by atoms with Gasteiger partial charge in [-0.2, -0.15) is 0 Å². The van der Waals surface area contributed by atoms with E-state index < -0.39 is 5.92 Å². The highest BCUT2D eigenvalue weighted by Gasteiger charge is 2.38. The molecule has 1 aliphatic heterocycles. The Morgan fingerprint density at radius 1 is 1.20 bits per heavy atom. The van der Waals surface area contributed by atoms with E-state index in [1.165, 1.54) is 0 Å². The Labute approximate surface area is 176 Å². The van der Waals surface area contributed by atoms with Crippen molar-refractivity contribution in [1.82, 2.24) is 10.3 Å². The van der Waals surface area contributed by atoms with Gasteiger partial charge in [-0.15, -0.1) is 0 Å². The predicted molar refractivity (Wildman–Crippen MR) is 115 cm³/mol. The van der Waals surface area contributed by atoms with Gasteiger partial charge in [0.1, 0.15) is 11.6 Å². The molecule has 4 rings (SSSR count). The van der Waals surface area contributed by atoms with Crippen molar-refractivity contribution in [2.75, 3.05) is 12.4 Å². The number of methoxy groups -OCH3 is 1. The standard InChI is InChI=1S/C24H25N3O3/c1-14-10-11-20(25-13-14)27-24(29)21-15(2)26-18-8-5-9-19(28)23(18)22(21)16-6-4-7-17(12-16)30-3/h4,6-7,10-13,22,26H,5,8-9H2,1-3H3,(H,25,27,29)/t22-/m1/s1. The number of nitrogens with zero attached hydrogens (tertiary/aromatic N) is 1. The predicted octanol–water partition coefficient (Wildman–Crippen LogP) is 4.01. The summed E-state index contributed by atoms with van der Waals surface area (Å²) < 4.78 is 5.39. The number of pyridine rings is 1. The second-order valence-electron chi connectivity index (χ2n) is 7.72. The molecule has 0 spiro atoms. The van der Waals surface area contributed by atoms with Gasteiger partial charge in [-0.1, -0.05) is 18.2 Å². The fraction of sp³-hybridized carbons (Fsp3) is 0.292. The molecule has 0 unspecified atom stereocenters. The van der Waals surface area contributed by atoms with E-state index in [0.717, 1.165) is 35.4 Å². The highest BCUT2D eigenvalue weighted by Crippen LogP contribution is 2.43. The second-order valence-corrected chi connectivity index (χ2v) is 7.72. The third kappa shape index (κ3) is 3.73. The Balaban J connectivity index is 1.79. The first-order valence-corrected chi connectivity index (χ1v) is 10.1. The number of ketones is 1. The van der Waals surface area contributed by atoms with Crippen molar-refractivity contribution in [3.05, 3.63) is 76.3 Å². The first kappa shape index (κ1) is 19.9. The van der Waals surface area contributed by atoms with Crippen LogP contribution in [0.15, 0.2) is 65.1 Å². The minimum atomic E-state index is -0.449. The van der Waals surface area contributed by atoms with Crippen LogP contribution in [0, 0.1) is 6.92 Å². The Hall–Kier alpha value is -3.41. The number of benzene rings is 1. The molecular weight excluding hydrogens is 378 g/mol. The first-order valence-electron chi connectivity index (χ1n) is 10.1. The topological polar surface area (TPSA) is 80.3 Å². The summed E-state index contributed by atoms with van der Waals surface area (Å²) in [5.74, 6) is 0.533. The molecule has 154 valence electrons. The molecular formula is C24H25N3O3. The molecule has 0 bridgehead atoms. The maximum Gasteiger partial charge on any atom is 0.255 e. The molecule has 0 saturated heterocycles. The van der Waals surface area contributed by atoms with E-state index >= 15 is 0 Å². The molecule has 0 saturated carbocycles. The van der Waals surface area contributed by atoms with Crippen LogP contribution in [0.5, 0.6) is 5.75 Å². The number of ether oxygens (including phenoxy) is 1. The molecule has 6 heteroatoms. The van der Waals surface area contributed by atoms with E-state index in [-0.39, 0.29) is 11.7 Å². The summed E-state index contributed by atoms with van der Waals surface area (Å²) in [5.41, 5.74) is 4.75. The average Bonchev–Trinajstić information content (AvgIpc) is 2.74. The van der Waals surface area contributed by atoms with E-state index in [0.29, 0.717) is 29.1 Å². The van der Waals surface area contributed by atoms with Crippen molar-refractivity contribution < 1.29 is 14.3 Å². The van der Waals surface area contributed by atoms with Crippen LogP contribution < -0.4 is 15.4 Å². The van der Waals surface area contributed by atoms with Gasteiger partial charge < -0.3 is 15.4 Å². The molecule has 1 amide bonds. The SMILES string of the molecule is COc1cccc([C@@H]2C(C(=O)Nc3ccc(C)cn3)=C(C)NC3=C2C(=O)CCC3)c1. The maximum absolute atomic E-state index is 13.4. The van der Waals surface area contributed by atoms with Crippen LogP contribution in [0.3, 0.4) is 0 Å². The largest absolute Gasteiger partial charge is 0.497 e. The number of allylic oxidation sites excluding steroid dienone is 3. The molecule has 1 aromatic heterocycles. The summed E-state index contributed by atoms with van der Waals surface area (Å²) >= 11 is 0. The van der Waals surface area contributed by atoms with Gasteiger partial charge in [0.2, 0.25) is 0 Å². The van der Waals surface area contributed by atoms with Crippen LogP contribution in [-0.4, -0.2) is 23.8 Å². The van der Waals surface area contributed by atoms with Crippen molar-refractivity contribution >= 4 is 17.5 Å². The number of dihydropyridines is 1. The van der Waals surface area contributed by atoms with Crippen molar-refractivity contribution in [2.24, 2.45) is 0 Å². The number of anilines is 1. The summed E-state index contributed by atoms with van der Waals surface area (Å²) in [5, 5.41) is 6.22. The summed E-state index contributed by atoms with van der Waals surface area (Å²) in [6.07, 6.45) is 3.82. The third-order valence-corrected chi connectivity index (χ3v) is 5.60. The van der Waals surface area contributed by atoms with Gasteiger partial charge in [-0.05, 0) is 56.0 Å². The third-order valence-electron chi connectivity index (χ3n) is 5.60. The maximum atomic E-state index is 13.4. The van der Waals surface area contributed by atoms with Crippen molar-refractivity contribution in [3.63, 3.8) is 0 Å². The number of aryl methyl sites for hydroxylation is 1. The fourth-order valence-electron chi connectivity index (χ4n) is 4.16. The highest BCUT2D eigenvalue weighted by molar-refractivity contribution is 6.09. The second kappa shape index (κ2) is 8.14. The molecule has 0 fully saturated rings. The lowest BCUT2D eigenvalue weighted by Gasteiger charge is -2.34. The Kier molecular flexibility index (Phi) is 5.40. The van der Waals surface area contributed by atoms with E-state index in [1.807, 2.05) is 44.2 Å². The number of amides is 1. The lowest BCUT2D eigenvalue weighted by Crippen LogP contribution is -2.35. The number of hydrogen-bond acceptors (Lipinski definition) is 5. The van der Waals surface area contributed by atoms with Crippen molar-refractivity contribution in [2.45, 2.75) is 39.0 Å². The number of hydrogen-bond donors (Lipinski definition) is 2. The molecule has 2 N–H and O–H groups in total. The quantitative estimate of drug-likeness (QED) is 0.806. The molecule has 2 aromatic rings. The normalized spacial score (nSPS) is 18.6. The van der Waals surface area contributed by atoms with Gasteiger partial charge in [-0.25, -0.2) is 4.98 Å². The summed E-state index contributed by atoms with van der Waals surface area (Å²) in [6.45, 7) is 3.82.